The molecule has 0 amide bonds. The van der Waals surface area contributed by atoms with Crippen molar-refractivity contribution >= 4 is 11.9 Å². The predicted molar refractivity (Wildman–Crippen MR) is 81.5 cm³/mol. The summed E-state index contributed by atoms with van der Waals surface area (Å²) in [5, 5.41) is 3.25. The predicted octanol–water partition coefficient (Wildman–Crippen LogP) is 1.90. The van der Waals surface area contributed by atoms with E-state index in [2.05, 4.69) is 11.2 Å². The number of hydrogen-bond donors (Lipinski definition) is 1. The molecule has 120 valence electrons. The van der Waals surface area contributed by atoms with Gasteiger partial charge in [0.25, 0.3) is 0 Å². The summed E-state index contributed by atoms with van der Waals surface area (Å²) in [6.45, 7) is 8.50. The lowest BCUT2D eigenvalue weighted by Gasteiger charge is -2.23. The molecule has 0 aliphatic heterocycles. The van der Waals surface area contributed by atoms with Crippen molar-refractivity contribution in [3.63, 3.8) is 0 Å². The summed E-state index contributed by atoms with van der Waals surface area (Å²) in [6.07, 6.45) is 7.31. The summed E-state index contributed by atoms with van der Waals surface area (Å²) in [5.41, 5.74) is -0.358. The summed E-state index contributed by atoms with van der Waals surface area (Å²) in [5.74, 6) is 0.808. The minimum absolute atomic E-state index is 0.248. The van der Waals surface area contributed by atoms with Crippen LogP contribution in [0.2, 0.25) is 0 Å². The van der Waals surface area contributed by atoms with Crippen LogP contribution in [-0.4, -0.2) is 37.2 Å². The highest BCUT2D eigenvalue weighted by molar-refractivity contribution is 5.94. The molecule has 0 saturated heterocycles. The van der Waals surface area contributed by atoms with Crippen LogP contribution in [0, 0.1) is 18.3 Å². The van der Waals surface area contributed by atoms with Crippen molar-refractivity contribution in [2.75, 3.05) is 19.8 Å². The standard InChI is InChI=1S/C16H27NO4/c1-6-16(5,7-2)17-12-10-11-13(14(18)20-8-3)15(19)21-9-4/h1,13,17H,7-12H2,2-5H3. The van der Waals surface area contributed by atoms with Crippen molar-refractivity contribution in [3.05, 3.63) is 0 Å². The van der Waals surface area contributed by atoms with E-state index in [-0.39, 0.29) is 18.8 Å². The minimum atomic E-state index is -0.856. The molecule has 0 saturated carbocycles. The number of ether oxygens (including phenoxy) is 2. The number of hydrogen-bond acceptors (Lipinski definition) is 5. The molecule has 0 bridgehead atoms. The Bertz CT molecular complexity index is 357. The molecule has 0 aromatic rings. The van der Waals surface area contributed by atoms with Crippen LogP contribution in [0.3, 0.4) is 0 Å². The van der Waals surface area contributed by atoms with E-state index in [9.17, 15) is 9.59 Å². The highest BCUT2D eigenvalue weighted by atomic mass is 16.6. The SMILES string of the molecule is C#CC(C)(CC)NCCCC(C(=O)OCC)C(=O)OCC. The van der Waals surface area contributed by atoms with E-state index in [0.29, 0.717) is 19.4 Å². The van der Waals surface area contributed by atoms with Gasteiger partial charge in [-0.15, -0.1) is 6.42 Å². The third-order valence-corrected chi connectivity index (χ3v) is 3.35. The van der Waals surface area contributed by atoms with Crippen molar-refractivity contribution < 1.29 is 19.1 Å². The van der Waals surface area contributed by atoms with E-state index in [0.717, 1.165) is 6.42 Å². The van der Waals surface area contributed by atoms with Gasteiger partial charge in [0.05, 0.1) is 18.8 Å². The number of nitrogens with one attached hydrogen (secondary N) is 1. The van der Waals surface area contributed by atoms with Crippen LogP contribution in [0.5, 0.6) is 0 Å². The second-order valence-electron chi connectivity index (χ2n) is 4.96. The molecule has 21 heavy (non-hydrogen) atoms. The van der Waals surface area contributed by atoms with E-state index in [1.165, 1.54) is 0 Å². The summed E-state index contributed by atoms with van der Waals surface area (Å²) >= 11 is 0. The summed E-state index contributed by atoms with van der Waals surface area (Å²) < 4.78 is 9.84. The van der Waals surface area contributed by atoms with Gasteiger partial charge in [-0.3, -0.25) is 9.59 Å². The smallest absolute Gasteiger partial charge is 0.320 e. The lowest BCUT2D eigenvalue weighted by atomic mass is 9.99. The van der Waals surface area contributed by atoms with Crippen LogP contribution < -0.4 is 5.32 Å². The van der Waals surface area contributed by atoms with Gasteiger partial charge in [-0.2, -0.15) is 0 Å². The van der Waals surface area contributed by atoms with Gasteiger partial charge in [-0.1, -0.05) is 12.8 Å². The average Bonchev–Trinajstić information content (AvgIpc) is 2.47. The first kappa shape index (κ1) is 19.5. The van der Waals surface area contributed by atoms with Gasteiger partial charge in [-0.05, 0) is 46.6 Å². The normalized spacial score (nSPS) is 13.3. The molecule has 0 heterocycles. The lowest BCUT2D eigenvalue weighted by Crippen LogP contribution is -2.41. The lowest BCUT2D eigenvalue weighted by molar-refractivity contribution is -0.161. The highest BCUT2D eigenvalue weighted by Gasteiger charge is 2.29. The molecular formula is C16H27NO4. The Morgan fingerprint density at radius 2 is 1.71 bits per heavy atom. The van der Waals surface area contributed by atoms with Crippen LogP contribution in [0.25, 0.3) is 0 Å². The van der Waals surface area contributed by atoms with Gasteiger partial charge in [0, 0.05) is 0 Å². The second-order valence-corrected chi connectivity index (χ2v) is 4.96. The van der Waals surface area contributed by atoms with Crippen molar-refractivity contribution in [2.24, 2.45) is 5.92 Å². The van der Waals surface area contributed by atoms with Gasteiger partial charge in [-0.25, -0.2) is 0 Å². The maximum absolute atomic E-state index is 11.8. The molecule has 5 heteroatoms. The average molecular weight is 297 g/mol. The maximum atomic E-state index is 11.8. The monoisotopic (exact) mass is 297 g/mol. The Labute approximate surface area is 127 Å². The molecular weight excluding hydrogens is 270 g/mol. The van der Waals surface area contributed by atoms with Crippen LogP contribution in [0.15, 0.2) is 0 Å². The van der Waals surface area contributed by atoms with Crippen molar-refractivity contribution in [1.29, 1.82) is 0 Å². The number of carbonyl (C=O) groups is 2. The Morgan fingerprint density at radius 3 is 2.10 bits per heavy atom. The van der Waals surface area contributed by atoms with Gasteiger partial charge in [0.2, 0.25) is 0 Å². The van der Waals surface area contributed by atoms with Gasteiger partial charge in [0.1, 0.15) is 0 Å². The number of carbonyl (C=O) groups excluding carboxylic acids is 2. The molecule has 0 aromatic heterocycles. The molecule has 0 spiro atoms. The maximum Gasteiger partial charge on any atom is 0.320 e. The van der Waals surface area contributed by atoms with Crippen LogP contribution in [-0.2, 0) is 19.1 Å². The van der Waals surface area contributed by atoms with Crippen molar-refractivity contribution in [3.8, 4) is 12.3 Å². The first-order valence-corrected chi connectivity index (χ1v) is 7.50. The first-order chi connectivity index (χ1) is 9.94. The molecule has 0 rings (SSSR count). The topological polar surface area (TPSA) is 64.6 Å². The zero-order chi connectivity index (χ0) is 16.3. The van der Waals surface area contributed by atoms with Crippen molar-refractivity contribution in [2.45, 2.75) is 52.5 Å². The number of terminal acetylenes is 1. The quantitative estimate of drug-likeness (QED) is 0.289. The van der Waals surface area contributed by atoms with E-state index >= 15 is 0 Å². The molecule has 0 aliphatic rings. The largest absolute Gasteiger partial charge is 0.465 e. The number of rotatable bonds is 10. The first-order valence-electron chi connectivity index (χ1n) is 7.50. The molecule has 0 aliphatic carbocycles. The van der Waals surface area contributed by atoms with Gasteiger partial charge in [0.15, 0.2) is 5.92 Å². The van der Waals surface area contributed by atoms with Gasteiger partial charge < -0.3 is 14.8 Å². The molecule has 0 aromatic carbocycles. The third kappa shape index (κ3) is 7.14. The molecule has 0 fully saturated rings. The molecule has 0 radical (unpaired) electrons. The zero-order valence-corrected chi connectivity index (χ0v) is 13.5. The summed E-state index contributed by atoms with van der Waals surface area (Å²) in [7, 11) is 0. The van der Waals surface area contributed by atoms with Crippen LogP contribution in [0.1, 0.15) is 47.0 Å². The fourth-order valence-corrected chi connectivity index (χ4v) is 1.77. The molecule has 1 atom stereocenters. The Balaban J connectivity index is 4.40. The number of esters is 2. The molecule has 5 nitrogen and oxygen atoms in total. The van der Waals surface area contributed by atoms with Crippen LogP contribution in [0.4, 0.5) is 0 Å². The minimum Gasteiger partial charge on any atom is -0.465 e. The second kappa shape index (κ2) is 10.2. The Hall–Kier alpha value is -1.54. The van der Waals surface area contributed by atoms with E-state index < -0.39 is 17.9 Å². The fraction of sp³-hybridized carbons (Fsp3) is 0.750. The Morgan fingerprint density at radius 1 is 1.19 bits per heavy atom. The van der Waals surface area contributed by atoms with Crippen LogP contribution >= 0.6 is 0 Å². The molecule has 1 N–H and O–H groups in total. The van der Waals surface area contributed by atoms with E-state index in [4.69, 9.17) is 15.9 Å². The zero-order valence-electron chi connectivity index (χ0n) is 13.5. The van der Waals surface area contributed by atoms with Crippen molar-refractivity contribution in [1.82, 2.24) is 5.32 Å². The summed E-state index contributed by atoms with van der Waals surface area (Å²) in [4.78, 5) is 23.6. The molecule has 1 unspecified atom stereocenters. The Kier molecular flexibility index (Phi) is 9.48. The van der Waals surface area contributed by atoms with Gasteiger partial charge >= 0.3 is 11.9 Å². The highest BCUT2D eigenvalue weighted by Crippen LogP contribution is 2.13. The fourth-order valence-electron chi connectivity index (χ4n) is 1.77. The summed E-state index contributed by atoms with van der Waals surface area (Å²) in [6, 6.07) is 0. The van der Waals surface area contributed by atoms with E-state index in [1.54, 1.807) is 13.8 Å². The van der Waals surface area contributed by atoms with E-state index in [1.807, 2.05) is 13.8 Å². The third-order valence-electron chi connectivity index (χ3n) is 3.35.